The van der Waals surface area contributed by atoms with Crippen molar-refractivity contribution in [2.45, 2.75) is 33.0 Å². The molecule has 0 unspecified atom stereocenters. The molecule has 34 heavy (non-hydrogen) atoms. The lowest BCUT2D eigenvalue weighted by molar-refractivity contribution is -0.133. The van der Waals surface area contributed by atoms with E-state index >= 15 is 0 Å². The summed E-state index contributed by atoms with van der Waals surface area (Å²) in [5, 5.41) is 4.87. The average molecular weight is 482 g/mol. The summed E-state index contributed by atoms with van der Waals surface area (Å²) in [6, 6.07) is 18.4. The number of anilines is 1. The molecule has 0 fully saturated rings. The van der Waals surface area contributed by atoms with Gasteiger partial charge in [0.1, 0.15) is 18.0 Å². The topological polar surface area (TPSA) is 71.1 Å². The van der Waals surface area contributed by atoms with E-state index in [0.29, 0.717) is 30.3 Å². The van der Waals surface area contributed by atoms with Gasteiger partial charge in [-0.3, -0.25) is 4.79 Å². The van der Waals surface area contributed by atoms with Gasteiger partial charge in [0.2, 0.25) is 5.91 Å². The van der Waals surface area contributed by atoms with Crippen LogP contribution in [0.3, 0.4) is 0 Å². The highest BCUT2D eigenvalue weighted by molar-refractivity contribution is 7.09. The molecule has 3 aromatic rings. The lowest BCUT2D eigenvalue weighted by Gasteiger charge is -2.30. The Morgan fingerprint density at radius 1 is 0.971 bits per heavy atom. The zero-order valence-corrected chi connectivity index (χ0v) is 20.8. The number of thiophene rings is 1. The minimum Gasteiger partial charge on any atom is -0.497 e. The number of nitrogens with one attached hydrogen (secondary N) is 1. The molecule has 0 spiro atoms. The summed E-state index contributed by atoms with van der Waals surface area (Å²) in [5.74, 6) is 0.977. The maximum atomic E-state index is 13.4. The molecule has 0 atom stereocenters. The number of amides is 3. The third-order valence-corrected chi connectivity index (χ3v) is 6.20. The molecular weight excluding hydrogens is 450 g/mol. The van der Waals surface area contributed by atoms with E-state index in [0.717, 1.165) is 10.4 Å². The van der Waals surface area contributed by atoms with Gasteiger partial charge in [0.05, 0.1) is 26.5 Å². The fourth-order valence-corrected chi connectivity index (χ4v) is 4.17. The minimum absolute atomic E-state index is 0.0415. The molecule has 0 aliphatic rings. The van der Waals surface area contributed by atoms with E-state index in [2.05, 4.69) is 5.32 Å². The van der Waals surface area contributed by atoms with Crippen LogP contribution in [-0.4, -0.2) is 48.5 Å². The van der Waals surface area contributed by atoms with Gasteiger partial charge in [-0.15, -0.1) is 11.3 Å². The standard InChI is InChI=1S/C26H31N3O4S/c1-19(2)29(26(31)27-23-13-12-21(32-3)15-24(23)33-4)18-25(30)28(17-22-11-8-14-34-22)16-20-9-6-5-7-10-20/h5-15,19H,16-18H2,1-4H3,(H,27,31). The Morgan fingerprint density at radius 2 is 1.74 bits per heavy atom. The molecule has 7 nitrogen and oxygen atoms in total. The van der Waals surface area contributed by atoms with Gasteiger partial charge in [-0.25, -0.2) is 4.79 Å². The highest BCUT2D eigenvalue weighted by Gasteiger charge is 2.25. The first-order valence-corrected chi connectivity index (χ1v) is 11.9. The van der Waals surface area contributed by atoms with E-state index in [1.807, 2.05) is 61.7 Å². The molecule has 0 bridgehead atoms. The highest BCUT2D eigenvalue weighted by atomic mass is 32.1. The van der Waals surface area contributed by atoms with Gasteiger partial charge in [0.15, 0.2) is 0 Å². The van der Waals surface area contributed by atoms with Crippen molar-refractivity contribution in [3.8, 4) is 11.5 Å². The number of ether oxygens (including phenoxy) is 2. The first kappa shape index (κ1) is 25.1. The van der Waals surface area contributed by atoms with Crippen LogP contribution >= 0.6 is 11.3 Å². The first-order valence-electron chi connectivity index (χ1n) is 11.0. The summed E-state index contributed by atoms with van der Waals surface area (Å²) in [4.78, 5) is 31.0. The van der Waals surface area contributed by atoms with Crippen LogP contribution in [0.2, 0.25) is 0 Å². The molecule has 1 N–H and O–H groups in total. The SMILES string of the molecule is COc1ccc(NC(=O)N(CC(=O)N(Cc2ccccc2)Cc2cccs2)C(C)C)c(OC)c1. The lowest BCUT2D eigenvalue weighted by atomic mass is 10.2. The predicted molar refractivity (Wildman–Crippen MR) is 135 cm³/mol. The van der Waals surface area contributed by atoms with Crippen molar-refractivity contribution >= 4 is 29.0 Å². The van der Waals surface area contributed by atoms with Gasteiger partial charge in [0.25, 0.3) is 0 Å². The van der Waals surface area contributed by atoms with Crippen LogP contribution in [0, 0.1) is 0 Å². The fraction of sp³-hybridized carbons (Fsp3) is 0.308. The second-order valence-corrected chi connectivity index (χ2v) is 9.07. The van der Waals surface area contributed by atoms with Crippen LogP contribution in [0.5, 0.6) is 11.5 Å². The zero-order chi connectivity index (χ0) is 24.5. The second-order valence-electron chi connectivity index (χ2n) is 8.03. The number of hydrogen-bond donors (Lipinski definition) is 1. The molecule has 180 valence electrons. The van der Waals surface area contributed by atoms with E-state index in [1.165, 1.54) is 12.0 Å². The van der Waals surface area contributed by atoms with Crippen LogP contribution < -0.4 is 14.8 Å². The summed E-state index contributed by atoms with van der Waals surface area (Å²) < 4.78 is 10.6. The molecule has 2 aromatic carbocycles. The number of carbonyl (C=O) groups is 2. The molecule has 0 saturated heterocycles. The van der Waals surface area contributed by atoms with Gasteiger partial charge in [-0.05, 0) is 43.0 Å². The Hall–Kier alpha value is -3.52. The first-order chi connectivity index (χ1) is 16.4. The third-order valence-electron chi connectivity index (χ3n) is 5.34. The second kappa shape index (κ2) is 12.1. The lowest BCUT2D eigenvalue weighted by Crippen LogP contribution is -2.47. The van der Waals surface area contributed by atoms with Crippen LogP contribution in [0.4, 0.5) is 10.5 Å². The molecule has 0 aliphatic heterocycles. The Balaban J connectivity index is 1.76. The number of carbonyl (C=O) groups excluding carboxylic acids is 2. The van der Waals surface area contributed by atoms with Gasteiger partial charge in [0, 0.05) is 23.5 Å². The zero-order valence-electron chi connectivity index (χ0n) is 20.0. The van der Waals surface area contributed by atoms with E-state index in [-0.39, 0.29) is 24.5 Å². The van der Waals surface area contributed by atoms with Crippen molar-refractivity contribution in [2.24, 2.45) is 0 Å². The van der Waals surface area contributed by atoms with E-state index in [1.54, 1.807) is 41.5 Å². The number of urea groups is 1. The van der Waals surface area contributed by atoms with Crippen LogP contribution in [0.1, 0.15) is 24.3 Å². The van der Waals surface area contributed by atoms with Crippen molar-refractivity contribution < 1.29 is 19.1 Å². The minimum atomic E-state index is -0.373. The molecule has 3 amide bonds. The molecule has 0 aliphatic carbocycles. The van der Waals surface area contributed by atoms with Crippen molar-refractivity contribution in [3.05, 3.63) is 76.5 Å². The monoisotopic (exact) mass is 481 g/mol. The van der Waals surface area contributed by atoms with E-state index < -0.39 is 0 Å². The summed E-state index contributed by atoms with van der Waals surface area (Å²) >= 11 is 1.61. The predicted octanol–water partition coefficient (Wildman–Crippen LogP) is 5.24. The maximum Gasteiger partial charge on any atom is 0.322 e. The van der Waals surface area contributed by atoms with E-state index in [4.69, 9.17) is 9.47 Å². The van der Waals surface area contributed by atoms with Gasteiger partial charge >= 0.3 is 6.03 Å². The smallest absolute Gasteiger partial charge is 0.322 e. The van der Waals surface area contributed by atoms with Crippen molar-refractivity contribution in [2.75, 3.05) is 26.1 Å². The molecule has 3 rings (SSSR count). The quantitative estimate of drug-likeness (QED) is 0.430. The molecular formula is C26H31N3O4S. The molecule has 0 saturated carbocycles. The maximum absolute atomic E-state index is 13.4. The third kappa shape index (κ3) is 6.74. The number of hydrogen-bond acceptors (Lipinski definition) is 5. The van der Waals surface area contributed by atoms with Gasteiger partial charge in [-0.2, -0.15) is 0 Å². The summed E-state index contributed by atoms with van der Waals surface area (Å²) in [7, 11) is 3.09. The normalized spacial score (nSPS) is 10.6. The average Bonchev–Trinajstić information content (AvgIpc) is 3.35. The van der Waals surface area contributed by atoms with Crippen LogP contribution in [0.25, 0.3) is 0 Å². The molecule has 8 heteroatoms. The van der Waals surface area contributed by atoms with Crippen molar-refractivity contribution in [1.29, 1.82) is 0 Å². The van der Waals surface area contributed by atoms with E-state index in [9.17, 15) is 9.59 Å². The fourth-order valence-electron chi connectivity index (χ4n) is 3.45. The summed E-state index contributed by atoms with van der Waals surface area (Å²) in [6.45, 7) is 4.70. The van der Waals surface area contributed by atoms with Crippen LogP contribution in [0.15, 0.2) is 66.0 Å². The summed E-state index contributed by atoms with van der Waals surface area (Å²) in [6.07, 6.45) is 0. The Labute approximate surface area is 204 Å². The number of rotatable bonds is 10. The van der Waals surface area contributed by atoms with Crippen molar-refractivity contribution in [1.82, 2.24) is 9.80 Å². The number of benzene rings is 2. The number of nitrogens with zero attached hydrogens (tertiary/aromatic N) is 2. The largest absolute Gasteiger partial charge is 0.497 e. The molecule has 1 aromatic heterocycles. The highest BCUT2D eigenvalue weighted by Crippen LogP contribution is 2.29. The Morgan fingerprint density at radius 3 is 2.35 bits per heavy atom. The molecule has 0 radical (unpaired) electrons. The van der Waals surface area contributed by atoms with Crippen molar-refractivity contribution in [3.63, 3.8) is 0 Å². The molecule has 1 heterocycles. The summed E-state index contributed by atoms with van der Waals surface area (Å²) in [5.41, 5.74) is 1.54. The Kier molecular flexibility index (Phi) is 8.93. The van der Waals surface area contributed by atoms with Gasteiger partial charge in [-0.1, -0.05) is 36.4 Å². The van der Waals surface area contributed by atoms with Gasteiger partial charge < -0.3 is 24.6 Å². The number of methoxy groups -OCH3 is 2. The van der Waals surface area contributed by atoms with Crippen LogP contribution in [-0.2, 0) is 17.9 Å². The Bertz CT molecular complexity index is 1070.